The molecule has 2 N–H and O–H groups in total. The molecule has 0 aromatic heterocycles. The van der Waals surface area contributed by atoms with Crippen molar-refractivity contribution in [2.45, 2.75) is 45.4 Å². The monoisotopic (exact) mass is 334 g/mol. The molecule has 1 heterocycles. The quantitative estimate of drug-likeness (QED) is 0.889. The van der Waals surface area contributed by atoms with Crippen LogP contribution >= 0.6 is 12.4 Å². The summed E-state index contributed by atoms with van der Waals surface area (Å²) < 4.78 is 28.6. The SMILES string of the molecule is CC(N)C1CCN(C(C)c2ccc(OC(F)F)cc2)CC1.Cl. The van der Waals surface area contributed by atoms with E-state index in [4.69, 9.17) is 5.73 Å². The van der Waals surface area contributed by atoms with E-state index in [1.807, 2.05) is 12.1 Å². The molecule has 1 saturated heterocycles. The Morgan fingerprint density at radius 2 is 1.68 bits per heavy atom. The lowest BCUT2D eigenvalue weighted by molar-refractivity contribution is -0.0498. The van der Waals surface area contributed by atoms with Gasteiger partial charge in [0, 0.05) is 12.1 Å². The number of nitrogens with two attached hydrogens (primary N) is 1. The topological polar surface area (TPSA) is 38.5 Å². The molecule has 22 heavy (non-hydrogen) atoms. The zero-order valence-corrected chi connectivity index (χ0v) is 13.9. The van der Waals surface area contributed by atoms with Crippen molar-refractivity contribution in [3.63, 3.8) is 0 Å². The first-order chi connectivity index (χ1) is 9.97. The average molecular weight is 335 g/mol. The molecule has 3 nitrogen and oxygen atoms in total. The van der Waals surface area contributed by atoms with E-state index in [9.17, 15) is 8.78 Å². The number of ether oxygens (including phenoxy) is 1. The largest absolute Gasteiger partial charge is 0.435 e. The van der Waals surface area contributed by atoms with Gasteiger partial charge in [0.05, 0.1) is 0 Å². The molecule has 2 rings (SSSR count). The van der Waals surface area contributed by atoms with E-state index in [2.05, 4.69) is 23.5 Å². The highest BCUT2D eigenvalue weighted by Crippen LogP contribution is 2.28. The number of nitrogens with zero attached hydrogens (tertiary/aromatic N) is 1. The van der Waals surface area contributed by atoms with E-state index >= 15 is 0 Å². The van der Waals surface area contributed by atoms with Gasteiger partial charge in [-0.1, -0.05) is 12.1 Å². The second kappa shape index (κ2) is 8.65. The van der Waals surface area contributed by atoms with Gasteiger partial charge < -0.3 is 10.5 Å². The summed E-state index contributed by atoms with van der Waals surface area (Å²) in [5, 5.41) is 0. The molecule has 6 heteroatoms. The maximum absolute atomic E-state index is 12.1. The number of piperidine rings is 1. The van der Waals surface area contributed by atoms with Crippen molar-refractivity contribution in [1.82, 2.24) is 4.90 Å². The first-order valence-electron chi connectivity index (χ1n) is 7.51. The summed E-state index contributed by atoms with van der Waals surface area (Å²) in [4.78, 5) is 2.42. The molecule has 2 atom stereocenters. The van der Waals surface area contributed by atoms with Crippen LogP contribution in [0.2, 0.25) is 0 Å². The molecule has 0 aliphatic carbocycles. The van der Waals surface area contributed by atoms with E-state index in [0.29, 0.717) is 5.92 Å². The minimum absolute atomic E-state index is 0. The fourth-order valence-corrected chi connectivity index (χ4v) is 2.97. The predicted molar refractivity (Wildman–Crippen MR) is 86.7 cm³/mol. The molecule has 1 fully saturated rings. The van der Waals surface area contributed by atoms with Crippen LogP contribution in [0, 0.1) is 5.92 Å². The van der Waals surface area contributed by atoms with E-state index in [-0.39, 0.29) is 30.2 Å². The van der Waals surface area contributed by atoms with Gasteiger partial charge in [0.1, 0.15) is 5.75 Å². The van der Waals surface area contributed by atoms with Crippen LogP contribution in [0.4, 0.5) is 8.78 Å². The molecule has 2 unspecified atom stereocenters. The highest BCUT2D eigenvalue weighted by atomic mass is 35.5. The third kappa shape index (κ3) is 5.07. The third-order valence-electron chi connectivity index (χ3n) is 4.45. The van der Waals surface area contributed by atoms with Gasteiger partial charge in [0.2, 0.25) is 0 Å². The lowest BCUT2D eigenvalue weighted by Crippen LogP contribution is -2.40. The smallest absolute Gasteiger partial charge is 0.387 e. The molecular weight excluding hydrogens is 310 g/mol. The number of alkyl halides is 2. The Hall–Kier alpha value is -0.910. The maximum Gasteiger partial charge on any atom is 0.387 e. The molecule has 1 aliphatic heterocycles. The lowest BCUT2D eigenvalue weighted by atomic mass is 9.90. The summed E-state index contributed by atoms with van der Waals surface area (Å²) in [7, 11) is 0. The zero-order chi connectivity index (χ0) is 15.4. The lowest BCUT2D eigenvalue weighted by Gasteiger charge is -2.37. The number of benzene rings is 1. The Morgan fingerprint density at radius 3 is 2.14 bits per heavy atom. The maximum atomic E-state index is 12.1. The van der Waals surface area contributed by atoms with Crippen LogP contribution in [-0.4, -0.2) is 30.6 Å². The standard InChI is InChI=1S/C16H24F2N2O.ClH/c1-11(19)13-7-9-20(10-8-13)12(2)14-3-5-15(6-4-14)21-16(17)18;/h3-6,11-13,16H,7-10,19H2,1-2H3;1H. The molecule has 1 aromatic rings. The Labute approximate surface area is 137 Å². The van der Waals surface area contributed by atoms with Crippen molar-refractivity contribution in [2.24, 2.45) is 11.7 Å². The van der Waals surface area contributed by atoms with Crippen LogP contribution in [0.1, 0.15) is 38.3 Å². The van der Waals surface area contributed by atoms with E-state index in [0.717, 1.165) is 31.5 Å². The third-order valence-corrected chi connectivity index (χ3v) is 4.45. The van der Waals surface area contributed by atoms with Gasteiger partial charge in [-0.3, -0.25) is 4.90 Å². The second-order valence-corrected chi connectivity index (χ2v) is 5.86. The summed E-state index contributed by atoms with van der Waals surface area (Å²) in [6, 6.07) is 7.47. The van der Waals surface area contributed by atoms with Crippen LogP contribution in [0.25, 0.3) is 0 Å². The fraction of sp³-hybridized carbons (Fsp3) is 0.625. The van der Waals surface area contributed by atoms with Crippen LogP contribution < -0.4 is 10.5 Å². The van der Waals surface area contributed by atoms with Gasteiger partial charge in [-0.05, 0) is 63.4 Å². The van der Waals surface area contributed by atoms with Crippen LogP contribution in [0.3, 0.4) is 0 Å². The number of hydrogen-bond donors (Lipinski definition) is 1. The van der Waals surface area contributed by atoms with Crippen LogP contribution in [0.5, 0.6) is 5.75 Å². The van der Waals surface area contributed by atoms with Gasteiger partial charge in [-0.25, -0.2) is 0 Å². The first kappa shape index (κ1) is 19.1. The van der Waals surface area contributed by atoms with E-state index in [1.54, 1.807) is 12.1 Å². The summed E-state index contributed by atoms with van der Waals surface area (Å²) >= 11 is 0. The summed E-state index contributed by atoms with van der Waals surface area (Å²) in [5.41, 5.74) is 7.08. The normalized spacial score (nSPS) is 19.5. The van der Waals surface area contributed by atoms with Gasteiger partial charge in [0.15, 0.2) is 0 Å². The zero-order valence-electron chi connectivity index (χ0n) is 13.0. The van der Waals surface area contributed by atoms with Gasteiger partial charge in [-0.15, -0.1) is 12.4 Å². The number of hydrogen-bond acceptors (Lipinski definition) is 3. The van der Waals surface area contributed by atoms with Crippen molar-refractivity contribution in [2.75, 3.05) is 13.1 Å². The molecule has 0 radical (unpaired) electrons. The minimum atomic E-state index is -2.77. The Balaban J connectivity index is 0.00000242. The number of halogens is 3. The molecule has 1 aromatic carbocycles. The Kier molecular flexibility index (Phi) is 7.53. The van der Waals surface area contributed by atoms with E-state index in [1.165, 1.54) is 0 Å². The summed E-state index contributed by atoms with van der Waals surface area (Å²) in [6.07, 6.45) is 2.24. The molecule has 1 aliphatic rings. The first-order valence-corrected chi connectivity index (χ1v) is 7.51. The molecule has 0 spiro atoms. The van der Waals surface area contributed by atoms with Crippen molar-refractivity contribution in [1.29, 1.82) is 0 Å². The predicted octanol–water partition coefficient (Wildman–Crippen LogP) is 3.83. The number of rotatable bonds is 5. The van der Waals surface area contributed by atoms with Crippen molar-refractivity contribution < 1.29 is 13.5 Å². The highest BCUT2D eigenvalue weighted by molar-refractivity contribution is 5.85. The Bertz CT molecular complexity index is 434. The number of likely N-dealkylation sites (tertiary alicyclic amines) is 1. The molecule has 0 bridgehead atoms. The van der Waals surface area contributed by atoms with E-state index < -0.39 is 6.61 Å². The van der Waals surface area contributed by atoms with Crippen LogP contribution in [-0.2, 0) is 0 Å². The highest BCUT2D eigenvalue weighted by Gasteiger charge is 2.25. The summed E-state index contributed by atoms with van der Waals surface area (Å²) in [5.74, 6) is 0.812. The molecule has 0 amide bonds. The van der Waals surface area contributed by atoms with Crippen molar-refractivity contribution in [3.05, 3.63) is 29.8 Å². The molecule has 126 valence electrons. The van der Waals surface area contributed by atoms with Crippen LogP contribution in [0.15, 0.2) is 24.3 Å². The Morgan fingerprint density at radius 1 is 1.14 bits per heavy atom. The minimum Gasteiger partial charge on any atom is -0.435 e. The molecule has 0 saturated carbocycles. The van der Waals surface area contributed by atoms with Gasteiger partial charge in [0.25, 0.3) is 0 Å². The summed E-state index contributed by atoms with van der Waals surface area (Å²) in [6.45, 7) is 3.51. The van der Waals surface area contributed by atoms with Crippen molar-refractivity contribution >= 4 is 12.4 Å². The second-order valence-electron chi connectivity index (χ2n) is 5.86. The molecular formula is C16H25ClF2N2O. The van der Waals surface area contributed by atoms with Gasteiger partial charge in [-0.2, -0.15) is 8.78 Å². The average Bonchev–Trinajstić information content (AvgIpc) is 2.47. The van der Waals surface area contributed by atoms with Crippen molar-refractivity contribution in [3.8, 4) is 5.75 Å². The van der Waals surface area contributed by atoms with Gasteiger partial charge >= 0.3 is 6.61 Å². The fourth-order valence-electron chi connectivity index (χ4n) is 2.97.